The third-order valence-electron chi connectivity index (χ3n) is 2.64. The van der Waals surface area contributed by atoms with Crippen molar-refractivity contribution in [3.05, 3.63) is 41.3 Å². The molecule has 10 heteroatoms. The number of ether oxygens (including phenoxy) is 1. The first-order valence-corrected chi connectivity index (χ1v) is 6.04. The molecule has 2 aromatic rings. The molecular weight excluding hydrogens is 321 g/mol. The van der Waals surface area contributed by atoms with Crippen molar-refractivity contribution in [2.24, 2.45) is 0 Å². The number of aromatic carboxylic acids is 1. The Hall–Kier alpha value is -3.04. The standard InChI is InChI=1S/C13H9F3N2O5/c1-6-9(10(12(20)21)18-23-6)11(19)17-7-2-4-8(5-3-7)22-13(14,15)16/h2-5H,1H3,(H,17,19)(H,20,21). The summed E-state index contributed by atoms with van der Waals surface area (Å²) in [6.45, 7) is 1.36. The molecule has 0 radical (unpaired) electrons. The molecule has 2 N–H and O–H groups in total. The number of carbonyl (C=O) groups excluding carboxylic acids is 1. The number of carboxylic acids is 1. The van der Waals surface area contributed by atoms with E-state index in [9.17, 15) is 22.8 Å². The van der Waals surface area contributed by atoms with Gasteiger partial charge in [0, 0.05) is 5.69 Å². The van der Waals surface area contributed by atoms with Crippen LogP contribution in [0.25, 0.3) is 0 Å². The molecule has 0 fully saturated rings. The summed E-state index contributed by atoms with van der Waals surface area (Å²) in [7, 11) is 0. The lowest BCUT2D eigenvalue weighted by Crippen LogP contribution is -2.18. The Kier molecular flexibility index (Phi) is 4.25. The third kappa shape index (κ3) is 3.99. The minimum absolute atomic E-state index is 0.00285. The SMILES string of the molecule is Cc1onc(C(=O)O)c1C(=O)Nc1ccc(OC(F)(F)F)cc1. The zero-order valence-corrected chi connectivity index (χ0v) is 11.5. The number of nitrogens with zero attached hydrogens (tertiary/aromatic N) is 1. The molecule has 122 valence electrons. The molecule has 0 saturated carbocycles. The number of amides is 1. The predicted octanol–water partition coefficient (Wildman–Crippen LogP) is 2.83. The molecule has 1 aromatic heterocycles. The van der Waals surface area contributed by atoms with E-state index in [4.69, 9.17) is 5.11 Å². The van der Waals surface area contributed by atoms with Gasteiger partial charge in [-0.3, -0.25) is 4.79 Å². The average Bonchev–Trinajstić information content (AvgIpc) is 2.81. The summed E-state index contributed by atoms with van der Waals surface area (Å²) in [5, 5.41) is 14.5. The zero-order valence-electron chi connectivity index (χ0n) is 11.5. The van der Waals surface area contributed by atoms with Gasteiger partial charge in [-0.1, -0.05) is 5.16 Å². The van der Waals surface area contributed by atoms with Crippen molar-refractivity contribution >= 4 is 17.6 Å². The fraction of sp³-hybridized carbons (Fsp3) is 0.154. The highest BCUT2D eigenvalue weighted by Gasteiger charge is 2.31. The fourth-order valence-electron chi connectivity index (χ4n) is 1.72. The Morgan fingerprint density at radius 2 is 1.87 bits per heavy atom. The first kappa shape index (κ1) is 16.3. The van der Waals surface area contributed by atoms with E-state index in [1.165, 1.54) is 19.1 Å². The number of carbonyl (C=O) groups is 2. The van der Waals surface area contributed by atoms with Crippen LogP contribution in [0.1, 0.15) is 26.6 Å². The molecule has 1 aromatic carbocycles. The number of aromatic nitrogens is 1. The van der Waals surface area contributed by atoms with E-state index in [0.29, 0.717) is 0 Å². The number of hydrogen-bond acceptors (Lipinski definition) is 5. The van der Waals surface area contributed by atoms with Crippen molar-refractivity contribution in [2.45, 2.75) is 13.3 Å². The summed E-state index contributed by atoms with van der Waals surface area (Å²) in [6, 6.07) is 4.34. The lowest BCUT2D eigenvalue weighted by Gasteiger charge is -2.09. The number of hydrogen-bond donors (Lipinski definition) is 2. The van der Waals surface area contributed by atoms with Gasteiger partial charge in [0.2, 0.25) is 5.69 Å². The van der Waals surface area contributed by atoms with Crippen LogP contribution in [0.5, 0.6) is 5.75 Å². The molecule has 0 spiro atoms. The molecule has 0 atom stereocenters. The van der Waals surface area contributed by atoms with E-state index in [0.717, 1.165) is 12.1 Å². The van der Waals surface area contributed by atoms with E-state index >= 15 is 0 Å². The van der Waals surface area contributed by atoms with Crippen LogP contribution in [-0.2, 0) is 0 Å². The van der Waals surface area contributed by atoms with Crippen LogP contribution in [0, 0.1) is 6.92 Å². The van der Waals surface area contributed by atoms with Crippen molar-refractivity contribution in [1.29, 1.82) is 0 Å². The molecule has 0 aliphatic heterocycles. The number of halogens is 3. The van der Waals surface area contributed by atoms with Gasteiger partial charge in [0.15, 0.2) is 0 Å². The van der Waals surface area contributed by atoms with Crippen LogP contribution >= 0.6 is 0 Å². The first-order chi connectivity index (χ1) is 10.7. The second-order valence-electron chi connectivity index (χ2n) is 4.29. The molecule has 0 unspecified atom stereocenters. The van der Waals surface area contributed by atoms with Gasteiger partial charge in [-0.05, 0) is 31.2 Å². The summed E-state index contributed by atoms with van der Waals surface area (Å²) < 4.78 is 44.5. The number of nitrogens with one attached hydrogen (secondary N) is 1. The van der Waals surface area contributed by atoms with Gasteiger partial charge < -0.3 is 19.7 Å². The van der Waals surface area contributed by atoms with Gasteiger partial charge in [-0.2, -0.15) is 0 Å². The Morgan fingerprint density at radius 3 is 2.39 bits per heavy atom. The van der Waals surface area contributed by atoms with Crippen LogP contribution in [0.4, 0.5) is 18.9 Å². The van der Waals surface area contributed by atoms with E-state index in [2.05, 4.69) is 19.7 Å². The van der Waals surface area contributed by atoms with E-state index in [1.54, 1.807) is 0 Å². The van der Waals surface area contributed by atoms with Crippen LogP contribution in [0.15, 0.2) is 28.8 Å². The molecule has 7 nitrogen and oxygen atoms in total. The molecular formula is C13H9F3N2O5. The lowest BCUT2D eigenvalue weighted by molar-refractivity contribution is -0.274. The van der Waals surface area contributed by atoms with E-state index < -0.39 is 29.7 Å². The van der Waals surface area contributed by atoms with Gasteiger partial charge in [0.1, 0.15) is 17.1 Å². The van der Waals surface area contributed by atoms with E-state index in [1.807, 2.05) is 0 Å². The quantitative estimate of drug-likeness (QED) is 0.894. The normalized spacial score (nSPS) is 11.1. The van der Waals surface area contributed by atoms with Gasteiger partial charge in [0.05, 0.1) is 0 Å². The Bertz CT molecular complexity index is 737. The molecule has 1 amide bonds. The number of benzene rings is 1. The molecule has 0 saturated heterocycles. The third-order valence-corrected chi connectivity index (χ3v) is 2.64. The topological polar surface area (TPSA) is 102 Å². The molecule has 2 rings (SSSR count). The van der Waals surface area contributed by atoms with Gasteiger partial charge in [-0.15, -0.1) is 13.2 Å². The zero-order chi connectivity index (χ0) is 17.2. The van der Waals surface area contributed by atoms with Crippen LogP contribution < -0.4 is 10.1 Å². The largest absolute Gasteiger partial charge is 0.573 e. The Labute approximate surface area is 126 Å². The first-order valence-electron chi connectivity index (χ1n) is 6.04. The maximum absolute atomic E-state index is 12.0. The summed E-state index contributed by atoms with van der Waals surface area (Å²) in [5.74, 6) is -2.72. The van der Waals surface area contributed by atoms with Gasteiger partial charge >= 0.3 is 12.3 Å². The minimum atomic E-state index is -4.82. The highest BCUT2D eigenvalue weighted by Crippen LogP contribution is 2.24. The summed E-state index contributed by atoms with van der Waals surface area (Å²) in [5.41, 5.74) is -0.688. The van der Waals surface area contributed by atoms with Crippen LogP contribution in [0.2, 0.25) is 0 Å². The number of aryl methyl sites for hydroxylation is 1. The second kappa shape index (κ2) is 5.99. The minimum Gasteiger partial charge on any atom is -0.476 e. The summed E-state index contributed by atoms with van der Waals surface area (Å²) in [4.78, 5) is 23.0. The maximum Gasteiger partial charge on any atom is 0.573 e. The van der Waals surface area contributed by atoms with E-state index in [-0.39, 0.29) is 17.0 Å². The average molecular weight is 330 g/mol. The molecule has 23 heavy (non-hydrogen) atoms. The van der Waals surface area contributed by atoms with Crippen molar-refractivity contribution in [2.75, 3.05) is 5.32 Å². The molecule has 0 aliphatic carbocycles. The van der Waals surface area contributed by atoms with Crippen molar-refractivity contribution in [3.63, 3.8) is 0 Å². The smallest absolute Gasteiger partial charge is 0.476 e. The highest BCUT2D eigenvalue weighted by atomic mass is 19.4. The maximum atomic E-state index is 12.0. The number of anilines is 1. The van der Waals surface area contributed by atoms with Crippen molar-refractivity contribution < 1.29 is 37.1 Å². The summed E-state index contributed by atoms with van der Waals surface area (Å²) in [6.07, 6.45) is -4.82. The van der Waals surface area contributed by atoms with Crippen molar-refractivity contribution in [3.8, 4) is 5.75 Å². The number of rotatable bonds is 4. The molecule has 0 bridgehead atoms. The predicted molar refractivity (Wildman–Crippen MR) is 69.3 cm³/mol. The summed E-state index contributed by atoms with van der Waals surface area (Å²) >= 11 is 0. The monoisotopic (exact) mass is 330 g/mol. The Balaban J connectivity index is 2.15. The van der Waals surface area contributed by atoms with Gasteiger partial charge in [0.25, 0.3) is 5.91 Å². The highest BCUT2D eigenvalue weighted by molar-refractivity contribution is 6.10. The van der Waals surface area contributed by atoms with Crippen molar-refractivity contribution in [1.82, 2.24) is 5.16 Å². The van der Waals surface area contributed by atoms with Crippen LogP contribution in [-0.4, -0.2) is 28.5 Å². The fourth-order valence-corrected chi connectivity index (χ4v) is 1.72. The number of alkyl halides is 3. The number of carboxylic acid groups (broad SMARTS) is 1. The Morgan fingerprint density at radius 1 is 1.26 bits per heavy atom. The van der Waals surface area contributed by atoms with Crippen LogP contribution in [0.3, 0.4) is 0 Å². The lowest BCUT2D eigenvalue weighted by atomic mass is 10.1. The molecule has 1 heterocycles. The van der Waals surface area contributed by atoms with Gasteiger partial charge in [-0.25, -0.2) is 4.79 Å². The molecule has 0 aliphatic rings. The second-order valence-corrected chi connectivity index (χ2v) is 4.29.